The zero-order valence-electron chi connectivity index (χ0n) is 24.7. The molecule has 1 N–H and O–H groups in total. The number of amides is 3. The van der Waals surface area contributed by atoms with E-state index < -0.39 is 11.9 Å². The summed E-state index contributed by atoms with van der Waals surface area (Å²) in [7, 11) is 1.42. The predicted octanol–water partition coefficient (Wildman–Crippen LogP) is 3.58. The number of nitrogens with one attached hydrogen (secondary N) is 1. The molecule has 2 atom stereocenters. The van der Waals surface area contributed by atoms with Crippen molar-refractivity contribution in [1.82, 2.24) is 25.1 Å². The van der Waals surface area contributed by atoms with E-state index in [9.17, 15) is 18.9 Å². The molecule has 2 aromatic rings. The van der Waals surface area contributed by atoms with Gasteiger partial charge >= 0.3 is 216 Å². The van der Waals surface area contributed by atoms with Crippen molar-refractivity contribution in [2.24, 2.45) is 0 Å². The first-order chi connectivity index (χ1) is 20.9. The number of rotatable bonds is 11. The normalized spacial score (nSPS) is 17.3. The van der Waals surface area contributed by atoms with Crippen molar-refractivity contribution in [2.45, 2.75) is 51.2 Å². The minimum atomic E-state index is -0.895. The van der Waals surface area contributed by atoms with Gasteiger partial charge in [0.1, 0.15) is 0 Å². The second-order valence-corrected chi connectivity index (χ2v) is 11.0. The molecule has 0 unspecified atom stereocenters. The molecule has 0 aliphatic carbocycles. The molecule has 1 aromatic heterocycles. The van der Waals surface area contributed by atoms with Crippen LogP contribution in [-0.4, -0.2) is 103 Å². The third-order valence-corrected chi connectivity index (χ3v) is 7.92. The van der Waals surface area contributed by atoms with Crippen LogP contribution in [0.2, 0.25) is 0 Å². The Morgan fingerprint density at radius 3 is 2.51 bits per heavy atom. The molecular weight excluding hydrogens is 571 g/mol. The third kappa shape index (κ3) is 8.89. The van der Waals surface area contributed by atoms with Crippen LogP contribution in [0.15, 0.2) is 36.4 Å². The summed E-state index contributed by atoms with van der Waals surface area (Å²) in [4.78, 5) is 54.2. The molecule has 0 saturated carbocycles. The van der Waals surface area contributed by atoms with Crippen LogP contribution in [0.25, 0.3) is 11.4 Å². The molecular formula is C30H39N6O6P. The van der Waals surface area contributed by atoms with Crippen LogP contribution in [0.5, 0.6) is 0 Å². The van der Waals surface area contributed by atoms with E-state index in [-0.39, 0.29) is 44.6 Å². The Balaban J connectivity index is 1.50. The Labute approximate surface area is 253 Å². The van der Waals surface area contributed by atoms with Gasteiger partial charge < -0.3 is 4.74 Å². The van der Waals surface area contributed by atoms with Crippen molar-refractivity contribution in [3.63, 3.8) is 0 Å². The fourth-order valence-corrected chi connectivity index (χ4v) is 5.25. The van der Waals surface area contributed by atoms with Crippen molar-refractivity contribution in [2.75, 3.05) is 57.9 Å². The van der Waals surface area contributed by atoms with Crippen molar-refractivity contribution >= 4 is 31.6 Å². The molecule has 12 nitrogen and oxygen atoms in total. The third-order valence-electron chi connectivity index (χ3n) is 7.57. The molecule has 43 heavy (non-hydrogen) atoms. The SMILES string of the molecule is CCCCOC(=O)N1CCN(C(=O)[C@@H](CCC#P=O)NC(=O)c2cc(N3CC[C@H](OC)C3)nc(-c3ccccc3)n2)CC1. The van der Waals surface area contributed by atoms with Gasteiger partial charge in [0.05, 0.1) is 0 Å². The summed E-state index contributed by atoms with van der Waals surface area (Å²) in [6.07, 6.45) is 2.71. The Morgan fingerprint density at radius 1 is 1.09 bits per heavy atom. The number of hydrogen-bond donors (Lipinski definition) is 1. The van der Waals surface area contributed by atoms with Crippen LogP contribution in [0, 0.1) is 5.63 Å². The van der Waals surface area contributed by atoms with Crippen LogP contribution < -0.4 is 10.2 Å². The van der Waals surface area contributed by atoms with Crippen molar-refractivity contribution < 1.29 is 28.4 Å². The van der Waals surface area contributed by atoms with E-state index in [1.54, 1.807) is 23.0 Å². The maximum absolute atomic E-state index is 13.6. The monoisotopic (exact) mass is 610 g/mol. The summed E-state index contributed by atoms with van der Waals surface area (Å²) < 4.78 is 21.8. The molecule has 2 fully saturated rings. The minimum absolute atomic E-state index is 0.0703. The average Bonchev–Trinajstić information content (AvgIpc) is 3.54. The zero-order valence-corrected chi connectivity index (χ0v) is 25.6. The number of methoxy groups -OCH3 is 1. The molecule has 3 heterocycles. The van der Waals surface area contributed by atoms with E-state index in [4.69, 9.17) is 14.5 Å². The van der Waals surface area contributed by atoms with Gasteiger partial charge in [-0.3, -0.25) is 0 Å². The number of aromatic nitrogens is 2. The Kier molecular flexibility index (Phi) is 12.1. The van der Waals surface area contributed by atoms with Crippen LogP contribution in [0.1, 0.15) is 49.5 Å². The molecule has 1 aromatic carbocycles. The first-order valence-electron chi connectivity index (χ1n) is 14.7. The summed E-state index contributed by atoms with van der Waals surface area (Å²) in [6, 6.07) is 10.1. The molecule has 13 heteroatoms. The van der Waals surface area contributed by atoms with Gasteiger partial charge in [0.25, 0.3) is 0 Å². The zero-order chi connectivity index (χ0) is 30.6. The summed E-state index contributed by atoms with van der Waals surface area (Å²) >= 11 is 0. The van der Waals surface area contributed by atoms with Crippen molar-refractivity contribution in [3.8, 4) is 17.0 Å². The van der Waals surface area contributed by atoms with E-state index in [1.165, 1.54) is 0 Å². The number of carbonyl (C=O) groups excluding carboxylic acids is 3. The molecule has 3 amide bonds. The standard InChI is InChI=1S/C30H39N6O6P/c1-3-4-18-42-30(39)35-16-14-34(15-17-35)29(38)24(11-8-19-43-40)32-28(37)25-20-26(36-13-12-23(21-36)41-2)33-27(31-25)22-9-6-5-7-10-22/h5-7,9-10,20,23-24H,3-4,8,11-18,21H2,1-2H3,(H,32,37)/t23-,24+/m0/s1. The number of anilines is 1. The topological polar surface area (TPSA) is 134 Å². The Morgan fingerprint density at radius 2 is 1.84 bits per heavy atom. The van der Waals surface area contributed by atoms with E-state index in [1.807, 2.05) is 37.3 Å². The molecule has 2 aliphatic rings. The van der Waals surface area contributed by atoms with E-state index >= 15 is 0 Å². The molecule has 4 rings (SSSR count). The number of piperazine rings is 1. The fraction of sp³-hybridized carbons (Fsp3) is 0.533. The predicted molar refractivity (Wildman–Crippen MR) is 161 cm³/mol. The molecule has 0 radical (unpaired) electrons. The second kappa shape index (κ2) is 16.2. The van der Waals surface area contributed by atoms with Gasteiger partial charge in [0.15, 0.2) is 0 Å². The first kappa shape index (κ1) is 32.2. The van der Waals surface area contributed by atoms with Crippen LogP contribution in [-0.2, 0) is 18.8 Å². The quantitative estimate of drug-likeness (QED) is 0.299. The molecule has 2 aliphatic heterocycles. The van der Waals surface area contributed by atoms with Gasteiger partial charge in [-0.2, -0.15) is 0 Å². The van der Waals surface area contributed by atoms with Crippen molar-refractivity contribution in [1.29, 1.82) is 0 Å². The van der Waals surface area contributed by atoms with Crippen LogP contribution in [0.4, 0.5) is 10.6 Å². The Bertz CT molecular complexity index is 1370. The summed E-state index contributed by atoms with van der Waals surface area (Å²) in [5.41, 5.74) is 3.56. The van der Waals surface area contributed by atoms with Gasteiger partial charge in [0.2, 0.25) is 0 Å². The fourth-order valence-electron chi connectivity index (χ4n) is 5.03. The number of carbonyl (C=O) groups is 3. The summed E-state index contributed by atoms with van der Waals surface area (Å²) in [5.74, 6) is 0.215. The number of unbranched alkanes of at least 4 members (excludes halogenated alkanes) is 1. The van der Waals surface area contributed by atoms with Crippen LogP contribution in [0.3, 0.4) is 0 Å². The first-order valence-corrected chi connectivity index (χ1v) is 15.5. The second-order valence-electron chi connectivity index (χ2n) is 10.5. The molecule has 2 saturated heterocycles. The van der Waals surface area contributed by atoms with E-state index in [0.717, 1.165) is 31.4 Å². The maximum atomic E-state index is 13.6. The van der Waals surface area contributed by atoms with Gasteiger partial charge in [-0.15, -0.1) is 0 Å². The average molecular weight is 611 g/mol. The van der Waals surface area contributed by atoms with E-state index in [2.05, 4.69) is 20.8 Å². The van der Waals surface area contributed by atoms with Gasteiger partial charge in [-0.05, 0) is 6.42 Å². The van der Waals surface area contributed by atoms with E-state index in [0.29, 0.717) is 51.0 Å². The number of nitrogens with zero attached hydrogens (tertiary/aromatic N) is 5. The summed E-state index contributed by atoms with van der Waals surface area (Å²) in [5, 5.41) is 2.86. The van der Waals surface area contributed by atoms with Gasteiger partial charge in [-0.25, -0.2) is 0 Å². The molecule has 0 spiro atoms. The number of ether oxygens (including phenoxy) is 2. The van der Waals surface area contributed by atoms with Gasteiger partial charge in [-0.1, -0.05) is 19.4 Å². The van der Waals surface area contributed by atoms with Gasteiger partial charge in [0, 0.05) is 7.11 Å². The Hall–Kier alpha value is -3.72. The molecule has 0 bridgehead atoms. The number of benzene rings is 1. The summed E-state index contributed by atoms with van der Waals surface area (Å²) in [6.45, 7) is 5.06. The molecule has 230 valence electrons. The number of hydrogen-bond acceptors (Lipinski definition) is 9. The van der Waals surface area contributed by atoms with Crippen LogP contribution >= 0.6 is 7.92 Å². The van der Waals surface area contributed by atoms with Crippen molar-refractivity contribution in [3.05, 3.63) is 42.1 Å².